The molecule has 0 saturated heterocycles. The van der Waals surface area contributed by atoms with E-state index >= 15 is 0 Å². The van der Waals surface area contributed by atoms with Gasteiger partial charge in [0.25, 0.3) is 0 Å². The fourth-order valence-electron chi connectivity index (χ4n) is 2.07. The van der Waals surface area contributed by atoms with E-state index in [0.717, 1.165) is 0 Å². The minimum atomic E-state index is -0.463. The Morgan fingerprint density at radius 3 is 2.57 bits per heavy atom. The lowest BCUT2D eigenvalue weighted by Crippen LogP contribution is -2.29. The number of ether oxygens (including phenoxy) is 1. The molecule has 0 fully saturated rings. The smallest absolute Gasteiger partial charge is 0.165 e. The second-order valence-corrected chi connectivity index (χ2v) is 4.99. The molecule has 0 aliphatic heterocycles. The molecule has 21 heavy (non-hydrogen) atoms. The largest absolute Gasteiger partial charge is 0.494 e. The van der Waals surface area contributed by atoms with Gasteiger partial charge in [0.2, 0.25) is 0 Å². The van der Waals surface area contributed by atoms with Gasteiger partial charge in [0.15, 0.2) is 11.6 Å². The molecule has 0 aliphatic carbocycles. The number of methoxy groups -OCH3 is 1. The number of hydrogen-bond acceptors (Lipinski definition) is 3. The predicted molar refractivity (Wildman–Crippen MR) is 78.1 cm³/mol. The Bertz CT molecular complexity index is 637. The summed E-state index contributed by atoms with van der Waals surface area (Å²) in [5.74, 6) is 4.78. The van der Waals surface area contributed by atoms with Gasteiger partial charge in [-0.05, 0) is 41.8 Å². The van der Waals surface area contributed by atoms with Gasteiger partial charge in [-0.25, -0.2) is 8.78 Å². The lowest BCUT2D eigenvalue weighted by molar-refractivity contribution is 0.384. The van der Waals surface area contributed by atoms with E-state index in [0.29, 0.717) is 22.6 Å². The summed E-state index contributed by atoms with van der Waals surface area (Å²) in [6.45, 7) is 0. The van der Waals surface area contributed by atoms with E-state index in [1.54, 1.807) is 18.2 Å². The van der Waals surface area contributed by atoms with Crippen LogP contribution in [-0.4, -0.2) is 7.11 Å². The third-order valence-electron chi connectivity index (χ3n) is 3.22. The second kappa shape index (κ2) is 6.85. The highest BCUT2D eigenvalue weighted by molar-refractivity contribution is 6.30. The molecule has 6 heteroatoms. The van der Waals surface area contributed by atoms with Crippen molar-refractivity contribution in [1.29, 1.82) is 0 Å². The molecule has 0 aliphatic rings. The second-order valence-electron chi connectivity index (χ2n) is 4.55. The molecule has 0 amide bonds. The van der Waals surface area contributed by atoms with Crippen molar-refractivity contribution in [2.75, 3.05) is 7.11 Å². The summed E-state index contributed by atoms with van der Waals surface area (Å²) in [5.41, 5.74) is 3.76. The maximum absolute atomic E-state index is 13.8. The summed E-state index contributed by atoms with van der Waals surface area (Å²) in [5, 5.41) is 0.331. The summed E-state index contributed by atoms with van der Waals surface area (Å²) in [6, 6.07) is 8.48. The van der Waals surface area contributed by atoms with Gasteiger partial charge in [-0.1, -0.05) is 23.7 Å². The van der Waals surface area contributed by atoms with E-state index in [-0.39, 0.29) is 11.8 Å². The first-order valence-corrected chi connectivity index (χ1v) is 6.66. The zero-order chi connectivity index (χ0) is 15.4. The monoisotopic (exact) mass is 312 g/mol. The summed E-state index contributed by atoms with van der Waals surface area (Å²) in [4.78, 5) is 0. The van der Waals surface area contributed by atoms with Crippen molar-refractivity contribution in [1.82, 2.24) is 5.43 Å². The highest BCUT2D eigenvalue weighted by Gasteiger charge is 2.15. The number of nitrogens with two attached hydrogens (primary N) is 1. The van der Waals surface area contributed by atoms with Crippen LogP contribution in [0.15, 0.2) is 36.4 Å². The highest BCUT2D eigenvalue weighted by atomic mass is 35.5. The van der Waals surface area contributed by atoms with Gasteiger partial charge >= 0.3 is 0 Å². The minimum Gasteiger partial charge on any atom is -0.494 e. The molecular formula is C15H15ClF2N2O. The average Bonchev–Trinajstić information content (AvgIpc) is 2.47. The first-order chi connectivity index (χ1) is 10.0. The molecule has 0 saturated carbocycles. The van der Waals surface area contributed by atoms with Gasteiger partial charge in [0.1, 0.15) is 5.82 Å². The fourth-order valence-corrected chi connectivity index (χ4v) is 2.23. The van der Waals surface area contributed by atoms with Crippen LogP contribution in [0, 0.1) is 11.6 Å². The quantitative estimate of drug-likeness (QED) is 0.657. The molecule has 0 heterocycles. The standard InChI is InChI=1S/C15H15ClF2N2O/c1-21-15-7-10(3-5-12(15)17)14(20-19)6-9-2-4-11(16)8-13(9)18/h2-5,7-8,14,20H,6,19H2,1H3. The van der Waals surface area contributed by atoms with Crippen LogP contribution in [0.1, 0.15) is 17.2 Å². The summed E-state index contributed by atoms with van der Waals surface area (Å²) < 4.78 is 32.2. The Hall–Kier alpha value is -1.69. The highest BCUT2D eigenvalue weighted by Crippen LogP contribution is 2.26. The fraction of sp³-hybridized carbons (Fsp3) is 0.200. The Morgan fingerprint density at radius 1 is 1.19 bits per heavy atom. The maximum atomic E-state index is 13.8. The van der Waals surface area contributed by atoms with E-state index in [1.807, 2.05) is 0 Å². The van der Waals surface area contributed by atoms with Crippen molar-refractivity contribution in [3.8, 4) is 5.75 Å². The Morgan fingerprint density at radius 2 is 1.95 bits per heavy atom. The molecule has 0 aromatic heterocycles. The van der Waals surface area contributed by atoms with E-state index in [9.17, 15) is 8.78 Å². The number of nitrogens with one attached hydrogen (secondary N) is 1. The van der Waals surface area contributed by atoms with E-state index in [1.165, 1.54) is 25.3 Å². The van der Waals surface area contributed by atoms with Gasteiger partial charge < -0.3 is 4.74 Å². The van der Waals surface area contributed by atoms with Crippen molar-refractivity contribution in [2.24, 2.45) is 5.84 Å². The van der Waals surface area contributed by atoms with Crippen LogP contribution < -0.4 is 16.0 Å². The van der Waals surface area contributed by atoms with E-state index < -0.39 is 11.6 Å². The lowest BCUT2D eigenvalue weighted by atomic mass is 9.99. The Balaban J connectivity index is 2.27. The Kier molecular flexibility index (Phi) is 5.12. The van der Waals surface area contributed by atoms with Gasteiger partial charge in [-0.2, -0.15) is 0 Å². The minimum absolute atomic E-state index is 0.115. The molecule has 0 radical (unpaired) electrons. The zero-order valence-electron chi connectivity index (χ0n) is 11.4. The van der Waals surface area contributed by atoms with E-state index in [4.69, 9.17) is 22.2 Å². The molecule has 0 bridgehead atoms. The SMILES string of the molecule is COc1cc(C(Cc2ccc(Cl)cc2F)NN)ccc1F. The maximum Gasteiger partial charge on any atom is 0.165 e. The van der Waals surface area contributed by atoms with Crippen LogP contribution in [0.5, 0.6) is 5.75 Å². The number of hydrogen-bond donors (Lipinski definition) is 2. The molecule has 1 unspecified atom stereocenters. The number of hydrazine groups is 1. The topological polar surface area (TPSA) is 47.3 Å². The van der Waals surface area contributed by atoms with Crippen molar-refractivity contribution in [3.05, 3.63) is 64.2 Å². The van der Waals surface area contributed by atoms with Crippen molar-refractivity contribution < 1.29 is 13.5 Å². The van der Waals surface area contributed by atoms with Gasteiger partial charge in [0, 0.05) is 5.02 Å². The Labute approximate surface area is 126 Å². The van der Waals surface area contributed by atoms with Crippen molar-refractivity contribution in [2.45, 2.75) is 12.5 Å². The normalized spacial score (nSPS) is 12.2. The van der Waals surface area contributed by atoms with Crippen molar-refractivity contribution in [3.63, 3.8) is 0 Å². The lowest BCUT2D eigenvalue weighted by Gasteiger charge is -2.18. The molecular weight excluding hydrogens is 298 g/mol. The molecule has 3 N–H and O–H groups in total. The first-order valence-electron chi connectivity index (χ1n) is 6.28. The molecule has 112 valence electrons. The first kappa shape index (κ1) is 15.7. The third-order valence-corrected chi connectivity index (χ3v) is 3.45. The molecule has 1 atom stereocenters. The number of benzene rings is 2. The zero-order valence-corrected chi connectivity index (χ0v) is 12.1. The molecule has 2 aromatic carbocycles. The number of rotatable bonds is 5. The number of halogens is 3. The molecule has 3 nitrogen and oxygen atoms in total. The van der Waals surface area contributed by atoms with Crippen LogP contribution in [0.2, 0.25) is 5.02 Å². The van der Waals surface area contributed by atoms with Gasteiger partial charge in [0.05, 0.1) is 13.2 Å². The van der Waals surface area contributed by atoms with Crippen LogP contribution in [0.25, 0.3) is 0 Å². The molecule has 2 rings (SSSR count). The van der Waals surface area contributed by atoms with Crippen LogP contribution in [0.3, 0.4) is 0 Å². The van der Waals surface area contributed by atoms with E-state index in [2.05, 4.69) is 5.43 Å². The molecule has 2 aromatic rings. The third kappa shape index (κ3) is 3.69. The van der Waals surface area contributed by atoms with Crippen LogP contribution in [0.4, 0.5) is 8.78 Å². The average molecular weight is 313 g/mol. The predicted octanol–water partition coefficient (Wildman–Crippen LogP) is 3.37. The van der Waals surface area contributed by atoms with Crippen molar-refractivity contribution >= 4 is 11.6 Å². The van der Waals surface area contributed by atoms with Crippen LogP contribution >= 0.6 is 11.6 Å². The summed E-state index contributed by atoms with van der Waals surface area (Å²) in [7, 11) is 1.38. The van der Waals surface area contributed by atoms with Gasteiger partial charge in [-0.3, -0.25) is 11.3 Å². The van der Waals surface area contributed by atoms with Crippen LogP contribution in [-0.2, 0) is 6.42 Å². The summed E-state index contributed by atoms with van der Waals surface area (Å²) >= 11 is 5.72. The van der Waals surface area contributed by atoms with Gasteiger partial charge in [-0.15, -0.1) is 0 Å². The summed E-state index contributed by atoms with van der Waals surface area (Å²) in [6.07, 6.45) is 0.300. The molecule has 0 spiro atoms.